The van der Waals surface area contributed by atoms with Gasteiger partial charge in [-0.1, -0.05) is 0 Å². The van der Waals surface area contributed by atoms with Crippen molar-refractivity contribution in [3.8, 4) is 12.3 Å². The maximum atomic E-state index is 12.7. The quantitative estimate of drug-likeness (QED) is 0.281. The summed E-state index contributed by atoms with van der Waals surface area (Å²) in [6.07, 6.45) is 5.87. The summed E-state index contributed by atoms with van der Waals surface area (Å²) in [5, 5.41) is 16.7. The van der Waals surface area contributed by atoms with E-state index in [4.69, 9.17) is 16.6 Å². The van der Waals surface area contributed by atoms with Crippen LogP contribution >= 0.6 is 0 Å². The van der Waals surface area contributed by atoms with Gasteiger partial charge in [0.1, 0.15) is 6.17 Å². The van der Waals surface area contributed by atoms with Crippen LogP contribution in [0.25, 0.3) is 0 Å². The van der Waals surface area contributed by atoms with Crippen molar-refractivity contribution in [1.29, 1.82) is 0 Å². The van der Waals surface area contributed by atoms with Gasteiger partial charge in [-0.05, 0) is 25.0 Å². The lowest BCUT2D eigenvalue weighted by Gasteiger charge is -2.00. The molecule has 0 bridgehead atoms. The van der Waals surface area contributed by atoms with Gasteiger partial charge in [-0.2, -0.15) is 0 Å². The first kappa shape index (κ1) is 11.2. The number of unbranched alkanes of at least 4 members (excludes halogenated alkanes) is 1. The molecule has 0 aliphatic heterocycles. The van der Waals surface area contributed by atoms with E-state index in [2.05, 4.69) is 5.92 Å². The molecule has 0 aliphatic carbocycles. The lowest BCUT2D eigenvalue weighted by Crippen LogP contribution is -2.01. The normalized spacial score (nSPS) is 13.6. The molecule has 0 spiro atoms. The first-order valence-electron chi connectivity index (χ1n) is 3.79. The summed E-state index contributed by atoms with van der Waals surface area (Å²) in [5.74, 6) is 2.40. The lowest BCUT2D eigenvalue weighted by molar-refractivity contribution is 0.00179. The number of allylic oxidation sites excluding steroid dienone is 1. The number of terminal acetylenes is 1. The SMILES string of the molecule is C#CCCCC(F)/C=C/C(O)O. The van der Waals surface area contributed by atoms with Gasteiger partial charge in [0.15, 0.2) is 6.29 Å². The molecule has 0 rings (SSSR count). The van der Waals surface area contributed by atoms with Gasteiger partial charge in [0.25, 0.3) is 0 Å². The maximum absolute atomic E-state index is 12.7. The Morgan fingerprint density at radius 3 is 2.58 bits per heavy atom. The Hall–Kier alpha value is -0.850. The van der Waals surface area contributed by atoms with Crippen LogP contribution in [0.15, 0.2) is 12.2 Å². The highest BCUT2D eigenvalue weighted by molar-refractivity contribution is 4.91. The van der Waals surface area contributed by atoms with E-state index in [-0.39, 0.29) is 0 Å². The van der Waals surface area contributed by atoms with E-state index in [0.29, 0.717) is 19.3 Å². The van der Waals surface area contributed by atoms with Gasteiger partial charge in [0.05, 0.1) is 0 Å². The third-order valence-electron chi connectivity index (χ3n) is 1.29. The fraction of sp³-hybridized carbons (Fsp3) is 0.556. The molecule has 0 aromatic rings. The topological polar surface area (TPSA) is 40.5 Å². The maximum Gasteiger partial charge on any atom is 0.171 e. The fourth-order valence-electron chi connectivity index (χ4n) is 0.715. The Labute approximate surface area is 71.7 Å². The molecule has 1 atom stereocenters. The number of aliphatic hydroxyl groups excluding tert-OH is 1. The molecular formula is C9H13FO2. The van der Waals surface area contributed by atoms with Crippen LogP contribution in [0.2, 0.25) is 0 Å². The standard InChI is InChI=1S/C9H13FO2/c1-2-3-4-5-8(10)6-7-9(11)12/h1,6-9,11-12H,3-5H2/b7-6+. The molecule has 0 fully saturated rings. The molecule has 0 heterocycles. The van der Waals surface area contributed by atoms with Crippen LogP contribution < -0.4 is 0 Å². The number of hydrogen-bond acceptors (Lipinski definition) is 2. The van der Waals surface area contributed by atoms with Gasteiger partial charge < -0.3 is 10.2 Å². The molecule has 0 saturated heterocycles. The molecule has 68 valence electrons. The van der Waals surface area contributed by atoms with Crippen LogP contribution in [0.1, 0.15) is 19.3 Å². The molecule has 0 aromatic heterocycles. The highest BCUT2D eigenvalue weighted by Gasteiger charge is 2.00. The molecule has 0 aromatic carbocycles. The van der Waals surface area contributed by atoms with Crippen molar-refractivity contribution in [2.75, 3.05) is 0 Å². The minimum atomic E-state index is -1.57. The van der Waals surface area contributed by atoms with E-state index in [9.17, 15) is 4.39 Å². The predicted molar refractivity (Wildman–Crippen MR) is 44.9 cm³/mol. The summed E-state index contributed by atoms with van der Waals surface area (Å²) >= 11 is 0. The first-order valence-corrected chi connectivity index (χ1v) is 3.79. The fourth-order valence-corrected chi connectivity index (χ4v) is 0.715. The van der Waals surface area contributed by atoms with Gasteiger partial charge in [-0.15, -0.1) is 12.3 Å². The number of rotatable bonds is 5. The van der Waals surface area contributed by atoms with Crippen molar-refractivity contribution in [3.63, 3.8) is 0 Å². The molecule has 0 aliphatic rings. The van der Waals surface area contributed by atoms with Crippen LogP contribution in [0.4, 0.5) is 4.39 Å². The summed E-state index contributed by atoms with van der Waals surface area (Å²) in [5.41, 5.74) is 0. The molecule has 3 heteroatoms. The predicted octanol–water partition coefficient (Wildman–Crippen LogP) is 0.995. The lowest BCUT2D eigenvalue weighted by atomic mass is 10.1. The van der Waals surface area contributed by atoms with Crippen molar-refractivity contribution in [1.82, 2.24) is 0 Å². The van der Waals surface area contributed by atoms with Crippen molar-refractivity contribution in [2.24, 2.45) is 0 Å². The molecule has 0 amide bonds. The zero-order chi connectivity index (χ0) is 9.40. The Morgan fingerprint density at radius 1 is 1.42 bits per heavy atom. The second-order valence-electron chi connectivity index (χ2n) is 2.41. The van der Waals surface area contributed by atoms with Crippen molar-refractivity contribution in [3.05, 3.63) is 12.2 Å². The van der Waals surface area contributed by atoms with Gasteiger partial charge >= 0.3 is 0 Å². The van der Waals surface area contributed by atoms with Crippen molar-refractivity contribution in [2.45, 2.75) is 31.7 Å². The average Bonchev–Trinajstić information content (AvgIpc) is 2.01. The minimum absolute atomic E-state index is 0.327. The molecule has 12 heavy (non-hydrogen) atoms. The van der Waals surface area contributed by atoms with Gasteiger partial charge in [-0.3, -0.25) is 0 Å². The summed E-state index contributed by atoms with van der Waals surface area (Å²) in [7, 11) is 0. The van der Waals surface area contributed by atoms with Gasteiger partial charge in [0, 0.05) is 6.42 Å². The van der Waals surface area contributed by atoms with E-state index < -0.39 is 12.5 Å². The highest BCUT2D eigenvalue weighted by Crippen LogP contribution is 2.05. The van der Waals surface area contributed by atoms with Crippen LogP contribution in [-0.2, 0) is 0 Å². The molecule has 2 N–H and O–H groups in total. The summed E-state index contributed by atoms with van der Waals surface area (Å²) in [4.78, 5) is 0. The molecule has 1 unspecified atom stereocenters. The largest absolute Gasteiger partial charge is 0.365 e. The smallest absolute Gasteiger partial charge is 0.171 e. The van der Waals surface area contributed by atoms with Crippen LogP contribution in [0, 0.1) is 12.3 Å². The molecular weight excluding hydrogens is 159 g/mol. The third kappa shape index (κ3) is 7.26. The van der Waals surface area contributed by atoms with E-state index in [1.165, 1.54) is 0 Å². The zero-order valence-corrected chi connectivity index (χ0v) is 6.78. The summed E-state index contributed by atoms with van der Waals surface area (Å²) < 4.78 is 12.7. The molecule has 0 saturated carbocycles. The first-order chi connectivity index (χ1) is 5.66. The Bertz CT molecular complexity index is 170. The van der Waals surface area contributed by atoms with Crippen LogP contribution in [0.3, 0.4) is 0 Å². The second kappa shape index (κ2) is 6.84. The number of hydrogen-bond donors (Lipinski definition) is 2. The zero-order valence-electron chi connectivity index (χ0n) is 6.78. The molecule has 0 radical (unpaired) electrons. The van der Waals surface area contributed by atoms with Gasteiger partial charge in [0.2, 0.25) is 0 Å². The number of aliphatic hydroxyl groups is 2. The van der Waals surface area contributed by atoms with E-state index in [1.54, 1.807) is 0 Å². The Morgan fingerprint density at radius 2 is 2.08 bits per heavy atom. The average molecular weight is 172 g/mol. The Kier molecular flexibility index (Phi) is 6.35. The Balaban J connectivity index is 3.46. The second-order valence-corrected chi connectivity index (χ2v) is 2.41. The summed E-state index contributed by atoms with van der Waals surface area (Å²) in [6, 6.07) is 0. The third-order valence-corrected chi connectivity index (χ3v) is 1.29. The van der Waals surface area contributed by atoms with E-state index in [1.807, 2.05) is 0 Å². The molecule has 2 nitrogen and oxygen atoms in total. The van der Waals surface area contributed by atoms with Crippen LogP contribution in [-0.4, -0.2) is 22.7 Å². The van der Waals surface area contributed by atoms with E-state index in [0.717, 1.165) is 12.2 Å². The van der Waals surface area contributed by atoms with Gasteiger partial charge in [-0.25, -0.2) is 4.39 Å². The summed E-state index contributed by atoms with van der Waals surface area (Å²) in [6.45, 7) is 0. The number of alkyl halides is 1. The van der Waals surface area contributed by atoms with E-state index >= 15 is 0 Å². The van der Waals surface area contributed by atoms with Crippen molar-refractivity contribution < 1.29 is 14.6 Å². The van der Waals surface area contributed by atoms with Crippen LogP contribution in [0.5, 0.6) is 0 Å². The van der Waals surface area contributed by atoms with Crippen molar-refractivity contribution >= 4 is 0 Å². The minimum Gasteiger partial charge on any atom is -0.365 e. The number of halogens is 1. The monoisotopic (exact) mass is 172 g/mol. The highest BCUT2D eigenvalue weighted by atomic mass is 19.1.